The van der Waals surface area contributed by atoms with E-state index in [1.807, 2.05) is 0 Å². The summed E-state index contributed by atoms with van der Waals surface area (Å²) in [6, 6.07) is 1.45. The van der Waals surface area contributed by atoms with Gasteiger partial charge < -0.3 is 4.74 Å². The standard InChI is InChI=1S/C16H26N2O4S/c1-3-4-5-6-7-8-9-12-23(20,21)18-15-10-11-17-13-14(15)16(19)22-2/h10-11,13H,3-9,12H2,1-2H3,(H,17,18). The number of carbonyl (C=O) groups excluding carboxylic acids is 1. The lowest BCUT2D eigenvalue weighted by atomic mass is 10.1. The monoisotopic (exact) mass is 342 g/mol. The largest absolute Gasteiger partial charge is 0.465 e. The topological polar surface area (TPSA) is 85.4 Å². The van der Waals surface area contributed by atoms with Crippen molar-refractivity contribution < 1.29 is 17.9 Å². The molecule has 7 heteroatoms. The van der Waals surface area contributed by atoms with Gasteiger partial charge in [0.15, 0.2) is 0 Å². The van der Waals surface area contributed by atoms with Gasteiger partial charge in [-0.15, -0.1) is 0 Å². The minimum absolute atomic E-state index is 0.0454. The quantitative estimate of drug-likeness (QED) is 0.492. The van der Waals surface area contributed by atoms with Crippen LogP contribution in [0.1, 0.15) is 62.2 Å². The number of ether oxygens (including phenoxy) is 1. The number of methoxy groups -OCH3 is 1. The maximum absolute atomic E-state index is 12.1. The Kier molecular flexibility index (Phi) is 8.61. The number of hydrogen-bond acceptors (Lipinski definition) is 5. The summed E-state index contributed by atoms with van der Waals surface area (Å²) >= 11 is 0. The molecule has 1 heterocycles. The van der Waals surface area contributed by atoms with Crippen LogP contribution in [-0.2, 0) is 14.8 Å². The lowest BCUT2D eigenvalue weighted by Crippen LogP contribution is -2.19. The van der Waals surface area contributed by atoms with Crippen LogP contribution in [0.15, 0.2) is 18.5 Å². The molecule has 23 heavy (non-hydrogen) atoms. The average molecular weight is 342 g/mol. The second kappa shape index (κ2) is 10.2. The maximum atomic E-state index is 12.1. The highest BCUT2D eigenvalue weighted by atomic mass is 32.2. The van der Waals surface area contributed by atoms with Gasteiger partial charge in [-0.1, -0.05) is 45.4 Å². The van der Waals surface area contributed by atoms with Gasteiger partial charge in [0.05, 0.1) is 18.6 Å². The second-order valence-electron chi connectivity index (χ2n) is 5.46. The Balaban J connectivity index is 2.48. The summed E-state index contributed by atoms with van der Waals surface area (Å²) in [5.41, 5.74) is 0.313. The van der Waals surface area contributed by atoms with Crippen molar-refractivity contribution in [1.29, 1.82) is 0 Å². The molecule has 1 aromatic rings. The molecule has 0 fully saturated rings. The highest BCUT2D eigenvalue weighted by Crippen LogP contribution is 2.17. The highest BCUT2D eigenvalue weighted by molar-refractivity contribution is 7.92. The Labute approximate surface area is 138 Å². The summed E-state index contributed by atoms with van der Waals surface area (Å²) in [5, 5.41) is 0. The van der Waals surface area contributed by atoms with Crippen molar-refractivity contribution in [2.75, 3.05) is 17.6 Å². The van der Waals surface area contributed by atoms with Gasteiger partial charge >= 0.3 is 5.97 Å². The van der Waals surface area contributed by atoms with Gasteiger partial charge in [-0.3, -0.25) is 9.71 Å². The molecule has 1 aromatic heterocycles. The number of unbranched alkanes of at least 4 members (excludes halogenated alkanes) is 6. The zero-order valence-electron chi connectivity index (χ0n) is 13.9. The number of nitrogens with zero attached hydrogens (tertiary/aromatic N) is 1. The van der Waals surface area contributed by atoms with Crippen LogP contribution in [0.25, 0.3) is 0 Å². The van der Waals surface area contributed by atoms with E-state index >= 15 is 0 Å². The number of pyridine rings is 1. The van der Waals surface area contributed by atoms with Gasteiger partial charge in [0.25, 0.3) is 0 Å². The highest BCUT2D eigenvalue weighted by Gasteiger charge is 2.17. The minimum atomic E-state index is -3.48. The number of anilines is 1. The van der Waals surface area contributed by atoms with Crippen LogP contribution in [0.5, 0.6) is 0 Å². The minimum Gasteiger partial charge on any atom is -0.465 e. The Hall–Kier alpha value is -1.63. The molecule has 6 nitrogen and oxygen atoms in total. The Morgan fingerprint density at radius 1 is 1.17 bits per heavy atom. The van der Waals surface area contributed by atoms with Crippen LogP contribution in [0, 0.1) is 0 Å². The van der Waals surface area contributed by atoms with Crippen LogP contribution in [0.2, 0.25) is 0 Å². The van der Waals surface area contributed by atoms with E-state index in [4.69, 9.17) is 0 Å². The Morgan fingerprint density at radius 2 is 1.83 bits per heavy atom. The van der Waals surface area contributed by atoms with Gasteiger partial charge in [-0.05, 0) is 12.5 Å². The van der Waals surface area contributed by atoms with E-state index in [0.29, 0.717) is 6.42 Å². The van der Waals surface area contributed by atoms with Crippen LogP contribution in [0.3, 0.4) is 0 Å². The third-order valence-corrected chi connectivity index (χ3v) is 4.87. The number of esters is 1. The van der Waals surface area contributed by atoms with Gasteiger partial charge in [-0.25, -0.2) is 13.2 Å². The molecule has 0 aliphatic rings. The van der Waals surface area contributed by atoms with Crippen molar-refractivity contribution in [2.45, 2.75) is 51.9 Å². The molecule has 0 bridgehead atoms. The zero-order valence-corrected chi connectivity index (χ0v) is 14.7. The number of carbonyl (C=O) groups is 1. The molecule has 1 rings (SSSR count). The van der Waals surface area contributed by atoms with Gasteiger partial charge in [0, 0.05) is 12.4 Å². The van der Waals surface area contributed by atoms with E-state index in [1.54, 1.807) is 0 Å². The first-order valence-corrected chi connectivity index (χ1v) is 9.68. The van der Waals surface area contributed by atoms with Crippen LogP contribution in [0.4, 0.5) is 5.69 Å². The SMILES string of the molecule is CCCCCCCCCS(=O)(=O)Nc1ccncc1C(=O)OC. The van der Waals surface area contributed by atoms with Crippen molar-refractivity contribution in [3.8, 4) is 0 Å². The van der Waals surface area contributed by atoms with Crippen molar-refractivity contribution in [3.05, 3.63) is 24.0 Å². The van der Waals surface area contributed by atoms with Gasteiger partial charge in [-0.2, -0.15) is 0 Å². The van der Waals surface area contributed by atoms with Crippen LogP contribution in [-0.4, -0.2) is 32.2 Å². The summed E-state index contributed by atoms with van der Waals surface area (Å²) in [6.45, 7) is 2.17. The van der Waals surface area contributed by atoms with Crippen molar-refractivity contribution >= 4 is 21.7 Å². The normalized spacial score (nSPS) is 11.2. The van der Waals surface area contributed by atoms with Crippen LogP contribution >= 0.6 is 0 Å². The summed E-state index contributed by atoms with van der Waals surface area (Å²) in [6.07, 6.45) is 10.1. The fourth-order valence-electron chi connectivity index (χ4n) is 2.22. The molecule has 0 unspecified atom stereocenters. The van der Waals surface area contributed by atoms with Crippen molar-refractivity contribution in [1.82, 2.24) is 4.98 Å². The number of aromatic nitrogens is 1. The summed E-state index contributed by atoms with van der Waals surface area (Å²) in [5.74, 6) is -0.573. The van der Waals surface area contributed by atoms with Crippen molar-refractivity contribution in [3.63, 3.8) is 0 Å². The number of sulfonamides is 1. The van der Waals surface area contributed by atoms with E-state index in [1.165, 1.54) is 44.8 Å². The third kappa shape index (κ3) is 7.45. The maximum Gasteiger partial charge on any atom is 0.341 e. The summed E-state index contributed by atoms with van der Waals surface area (Å²) in [4.78, 5) is 15.4. The lowest BCUT2D eigenvalue weighted by Gasteiger charge is -2.11. The molecule has 0 aliphatic heterocycles. The van der Waals surface area contributed by atoms with Gasteiger partial charge in [0.2, 0.25) is 10.0 Å². The number of hydrogen-bond donors (Lipinski definition) is 1. The first kappa shape index (κ1) is 19.4. The summed E-state index contributed by atoms with van der Waals surface area (Å²) < 4.78 is 31.3. The molecular formula is C16H26N2O4S. The zero-order chi connectivity index (χ0) is 17.1. The molecule has 0 aliphatic carbocycles. The number of nitrogens with one attached hydrogen (secondary N) is 1. The fraction of sp³-hybridized carbons (Fsp3) is 0.625. The van der Waals surface area contributed by atoms with E-state index < -0.39 is 16.0 Å². The van der Waals surface area contributed by atoms with E-state index in [-0.39, 0.29) is 17.0 Å². The first-order chi connectivity index (χ1) is 11.0. The second-order valence-corrected chi connectivity index (χ2v) is 7.30. The van der Waals surface area contributed by atoms with Gasteiger partial charge in [0.1, 0.15) is 5.56 Å². The van der Waals surface area contributed by atoms with E-state index in [0.717, 1.165) is 19.3 Å². The number of rotatable bonds is 11. The van der Waals surface area contributed by atoms with E-state index in [2.05, 4.69) is 21.4 Å². The van der Waals surface area contributed by atoms with Crippen LogP contribution < -0.4 is 4.72 Å². The summed E-state index contributed by atoms with van der Waals surface area (Å²) in [7, 11) is -2.24. The molecular weight excluding hydrogens is 316 g/mol. The molecule has 0 spiro atoms. The van der Waals surface area contributed by atoms with Crippen molar-refractivity contribution in [2.24, 2.45) is 0 Å². The molecule has 0 aromatic carbocycles. The molecule has 0 saturated heterocycles. The Bertz CT molecular complexity index is 587. The molecule has 0 atom stereocenters. The molecule has 0 saturated carbocycles. The van der Waals surface area contributed by atoms with E-state index in [9.17, 15) is 13.2 Å². The lowest BCUT2D eigenvalue weighted by molar-refractivity contribution is 0.0601. The first-order valence-electron chi connectivity index (χ1n) is 8.03. The predicted molar refractivity (Wildman–Crippen MR) is 91.0 cm³/mol. The fourth-order valence-corrected chi connectivity index (χ4v) is 3.42. The smallest absolute Gasteiger partial charge is 0.341 e. The molecule has 0 radical (unpaired) electrons. The predicted octanol–water partition coefficient (Wildman–Crippen LogP) is 3.36. The Morgan fingerprint density at radius 3 is 2.48 bits per heavy atom. The molecule has 130 valence electrons. The molecule has 0 amide bonds. The third-order valence-electron chi connectivity index (χ3n) is 3.51. The average Bonchev–Trinajstić information content (AvgIpc) is 2.53. The molecule has 1 N–H and O–H groups in total.